The van der Waals surface area contributed by atoms with E-state index in [2.05, 4.69) is 41.5 Å². The zero-order chi connectivity index (χ0) is 19.9. The minimum Gasteiger partial charge on any atom is -0.357 e. The lowest BCUT2D eigenvalue weighted by Crippen LogP contribution is -2.52. The fraction of sp³-hybridized carbons (Fsp3) is 0.625. The van der Waals surface area contributed by atoms with Crippen LogP contribution in [0.15, 0.2) is 17.4 Å². The van der Waals surface area contributed by atoms with Crippen LogP contribution in [-0.4, -0.2) is 74.2 Å². The summed E-state index contributed by atoms with van der Waals surface area (Å²) in [4.78, 5) is 24.0. The van der Waals surface area contributed by atoms with Crippen LogP contribution in [0.2, 0.25) is 0 Å². The Morgan fingerprint density at radius 2 is 2.14 bits per heavy atom. The molecule has 0 bridgehead atoms. The van der Waals surface area contributed by atoms with Crippen molar-refractivity contribution in [1.29, 1.82) is 0 Å². The van der Waals surface area contributed by atoms with Crippen LogP contribution in [0.1, 0.15) is 19.7 Å². The van der Waals surface area contributed by atoms with E-state index in [9.17, 15) is 10.1 Å². The van der Waals surface area contributed by atoms with Gasteiger partial charge in [0.1, 0.15) is 18.2 Å². The van der Waals surface area contributed by atoms with E-state index >= 15 is 0 Å². The molecule has 0 saturated carbocycles. The summed E-state index contributed by atoms with van der Waals surface area (Å²) < 4.78 is 5.91. The third kappa shape index (κ3) is 4.94. The molecule has 12 heteroatoms. The van der Waals surface area contributed by atoms with Crippen LogP contribution in [0, 0.1) is 10.1 Å². The van der Waals surface area contributed by atoms with Gasteiger partial charge in [-0.3, -0.25) is 19.8 Å². The maximum Gasteiger partial charge on any atom is 0.306 e. The highest BCUT2D eigenvalue weighted by Crippen LogP contribution is 2.19. The third-order valence-corrected chi connectivity index (χ3v) is 5.19. The Labute approximate surface area is 167 Å². The van der Waals surface area contributed by atoms with Crippen molar-refractivity contribution in [2.45, 2.75) is 26.8 Å². The van der Waals surface area contributed by atoms with E-state index in [1.54, 1.807) is 4.68 Å². The quantitative estimate of drug-likeness (QED) is 0.312. The number of guanidine groups is 1. The average molecular weight is 408 g/mol. The van der Waals surface area contributed by atoms with E-state index < -0.39 is 4.92 Å². The molecular formula is C16H25N9O2S. The second-order valence-electron chi connectivity index (χ2n) is 6.28. The van der Waals surface area contributed by atoms with Crippen molar-refractivity contribution in [3.05, 3.63) is 28.3 Å². The van der Waals surface area contributed by atoms with E-state index in [1.165, 1.54) is 23.9 Å². The molecule has 0 aromatic carbocycles. The molecule has 0 atom stereocenters. The monoisotopic (exact) mass is 407 g/mol. The molecule has 11 nitrogen and oxygen atoms in total. The number of hydrogen-bond donors (Lipinski definition) is 1. The lowest BCUT2D eigenvalue weighted by atomic mass is 10.3. The summed E-state index contributed by atoms with van der Waals surface area (Å²) in [5.41, 5.74) is -0.00471. The first-order valence-corrected chi connectivity index (χ1v) is 10.2. The Kier molecular flexibility index (Phi) is 6.74. The Morgan fingerprint density at radius 1 is 1.36 bits per heavy atom. The minimum atomic E-state index is -0.447. The topological polar surface area (TPSA) is 118 Å². The van der Waals surface area contributed by atoms with E-state index in [0.717, 1.165) is 56.1 Å². The van der Waals surface area contributed by atoms with Gasteiger partial charge < -0.3 is 15.1 Å². The van der Waals surface area contributed by atoms with Crippen LogP contribution >= 0.6 is 11.5 Å². The lowest BCUT2D eigenvalue weighted by Gasteiger charge is -2.36. The molecule has 0 unspecified atom stereocenters. The highest BCUT2D eigenvalue weighted by Gasteiger charge is 2.22. The standard InChI is InChI=1S/C16H25N9O2S/c1-3-14-20-16(28-21-14)23-9-7-22(8-10-23)15(17-4-2)18-5-6-24-12-13(11-19-24)25(26)27/h11-12H,3-10H2,1-2H3,(H,17,18). The van der Waals surface area contributed by atoms with Gasteiger partial charge in [0, 0.05) is 50.7 Å². The molecule has 152 valence electrons. The maximum atomic E-state index is 10.7. The van der Waals surface area contributed by atoms with Gasteiger partial charge in [-0.25, -0.2) is 4.98 Å². The average Bonchev–Trinajstić information content (AvgIpc) is 3.37. The summed E-state index contributed by atoms with van der Waals surface area (Å²) in [6.07, 6.45) is 3.53. The number of nitro groups is 1. The van der Waals surface area contributed by atoms with Crippen molar-refractivity contribution in [3.63, 3.8) is 0 Å². The summed E-state index contributed by atoms with van der Waals surface area (Å²) >= 11 is 1.46. The summed E-state index contributed by atoms with van der Waals surface area (Å²) in [6.45, 7) is 9.30. The highest BCUT2D eigenvalue weighted by molar-refractivity contribution is 7.09. The molecular weight excluding hydrogens is 382 g/mol. The third-order valence-electron chi connectivity index (χ3n) is 4.38. The van der Waals surface area contributed by atoms with Gasteiger partial charge >= 0.3 is 5.69 Å². The number of nitrogens with zero attached hydrogens (tertiary/aromatic N) is 8. The zero-order valence-corrected chi connectivity index (χ0v) is 16.9. The van der Waals surface area contributed by atoms with Gasteiger partial charge in [-0.15, -0.1) is 0 Å². The molecule has 0 amide bonds. The predicted octanol–water partition coefficient (Wildman–Crippen LogP) is 0.993. The SMILES string of the molecule is CCNC(=NCCn1cc([N+](=O)[O-])cn1)N1CCN(c2nc(CC)ns2)CC1. The summed E-state index contributed by atoms with van der Waals surface area (Å²) in [5, 5.41) is 19.0. The van der Waals surface area contributed by atoms with Crippen LogP contribution in [0.3, 0.4) is 0 Å². The number of nitrogens with one attached hydrogen (secondary N) is 1. The molecule has 0 spiro atoms. The Morgan fingerprint density at radius 3 is 2.75 bits per heavy atom. The molecule has 1 fully saturated rings. The fourth-order valence-corrected chi connectivity index (χ4v) is 3.68. The molecule has 1 aliphatic heterocycles. The van der Waals surface area contributed by atoms with Crippen molar-refractivity contribution in [2.24, 2.45) is 4.99 Å². The summed E-state index contributed by atoms with van der Waals surface area (Å²) in [6, 6.07) is 0. The number of rotatable bonds is 7. The maximum absolute atomic E-state index is 10.7. The number of aliphatic imine (C=N–C) groups is 1. The largest absolute Gasteiger partial charge is 0.357 e. The first-order chi connectivity index (χ1) is 13.6. The number of anilines is 1. The molecule has 3 rings (SSSR count). The fourth-order valence-electron chi connectivity index (χ4n) is 2.88. The Bertz CT molecular complexity index is 811. The van der Waals surface area contributed by atoms with Crippen molar-refractivity contribution in [2.75, 3.05) is 44.2 Å². The van der Waals surface area contributed by atoms with Gasteiger partial charge in [0.05, 0.1) is 18.0 Å². The Balaban J connectivity index is 1.54. The van der Waals surface area contributed by atoms with Crippen molar-refractivity contribution >= 4 is 28.3 Å². The van der Waals surface area contributed by atoms with Crippen LogP contribution in [0.4, 0.5) is 10.8 Å². The van der Waals surface area contributed by atoms with Gasteiger partial charge in [-0.2, -0.15) is 9.47 Å². The second-order valence-corrected chi connectivity index (χ2v) is 7.01. The molecule has 2 aromatic heterocycles. The molecule has 2 aromatic rings. The van der Waals surface area contributed by atoms with Crippen molar-refractivity contribution < 1.29 is 4.92 Å². The molecule has 1 aliphatic rings. The van der Waals surface area contributed by atoms with Gasteiger partial charge in [0.2, 0.25) is 5.13 Å². The van der Waals surface area contributed by atoms with Crippen LogP contribution < -0.4 is 10.2 Å². The van der Waals surface area contributed by atoms with Crippen LogP contribution in [0.25, 0.3) is 0 Å². The normalized spacial score (nSPS) is 15.1. The predicted molar refractivity (Wildman–Crippen MR) is 108 cm³/mol. The number of aromatic nitrogens is 4. The second kappa shape index (κ2) is 9.44. The van der Waals surface area contributed by atoms with E-state index in [4.69, 9.17) is 0 Å². The number of hydrogen-bond acceptors (Lipinski definition) is 8. The lowest BCUT2D eigenvalue weighted by molar-refractivity contribution is -0.385. The van der Waals surface area contributed by atoms with Gasteiger partial charge in [0.25, 0.3) is 0 Å². The van der Waals surface area contributed by atoms with E-state index in [1.807, 2.05) is 6.92 Å². The van der Waals surface area contributed by atoms with E-state index in [-0.39, 0.29) is 5.69 Å². The molecule has 1 saturated heterocycles. The zero-order valence-electron chi connectivity index (χ0n) is 16.1. The molecule has 0 radical (unpaired) electrons. The van der Waals surface area contributed by atoms with E-state index in [0.29, 0.717) is 13.1 Å². The number of piperazine rings is 1. The van der Waals surface area contributed by atoms with Crippen LogP contribution in [0.5, 0.6) is 0 Å². The molecule has 0 aliphatic carbocycles. The molecule has 3 heterocycles. The van der Waals surface area contributed by atoms with Gasteiger partial charge in [-0.1, -0.05) is 6.92 Å². The van der Waals surface area contributed by atoms with Gasteiger partial charge in [0.15, 0.2) is 5.96 Å². The van der Waals surface area contributed by atoms with Crippen LogP contribution in [-0.2, 0) is 13.0 Å². The minimum absolute atomic E-state index is 0.00471. The van der Waals surface area contributed by atoms with Gasteiger partial charge in [-0.05, 0) is 6.92 Å². The molecule has 1 N–H and O–H groups in total. The summed E-state index contributed by atoms with van der Waals surface area (Å²) in [7, 11) is 0. The number of aryl methyl sites for hydroxylation is 1. The summed E-state index contributed by atoms with van der Waals surface area (Å²) in [5.74, 6) is 1.76. The Hall–Kier alpha value is -2.76. The first kappa shape index (κ1) is 20.0. The highest BCUT2D eigenvalue weighted by atomic mass is 32.1. The van der Waals surface area contributed by atoms with Crippen molar-refractivity contribution in [3.8, 4) is 0 Å². The van der Waals surface area contributed by atoms with Crippen molar-refractivity contribution in [1.82, 2.24) is 29.4 Å². The first-order valence-electron chi connectivity index (χ1n) is 9.38. The molecule has 28 heavy (non-hydrogen) atoms. The smallest absolute Gasteiger partial charge is 0.306 e.